The summed E-state index contributed by atoms with van der Waals surface area (Å²) in [6.07, 6.45) is 2.58. The van der Waals surface area contributed by atoms with Crippen molar-refractivity contribution in [1.29, 1.82) is 0 Å². The second kappa shape index (κ2) is 8.75. The number of amides is 1. The maximum atomic E-state index is 13.9. The lowest BCUT2D eigenvalue weighted by atomic mass is 9.72. The Balaban J connectivity index is 1.27. The maximum absolute atomic E-state index is 13.9. The second-order valence-electron chi connectivity index (χ2n) is 8.38. The summed E-state index contributed by atoms with van der Waals surface area (Å²) in [5.41, 5.74) is 0.640. The second-order valence-corrected chi connectivity index (χ2v) is 9.38. The average Bonchev–Trinajstić information content (AvgIpc) is 3.23. The van der Waals surface area contributed by atoms with Gasteiger partial charge in [-0.2, -0.15) is 4.98 Å². The van der Waals surface area contributed by atoms with Crippen LogP contribution in [0.4, 0.5) is 8.78 Å². The van der Waals surface area contributed by atoms with Crippen LogP contribution in [0, 0.1) is 11.6 Å². The standard InChI is InChI=1S/C24H24F2N2O3S/c25-17-14-19(26)21-20(15-17)32-23(27-21)31-18-6-10-28(11-7-18)22(29)24(8-12-30-13-9-24)16-4-2-1-3-5-16/h1-5,14-15,18H,6-13H2. The molecule has 0 N–H and O–H groups in total. The number of carbonyl (C=O) groups excluding carboxylic acids is 1. The fraction of sp³-hybridized carbons (Fsp3) is 0.417. The molecule has 2 aromatic carbocycles. The molecule has 0 atom stereocenters. The van der Waals surface area contributed by atoms with Crippen LogP contribution in [-0.4, -0.2) is 48.2 Å². The first kappa shape index (κ1) is 21.3. The first-order chi connectivity index (χ1) is 15.5. The highest BCUT2D eigenvalue weighted by Gasteiger charge is 2.44. The van der Waals surface area contributed by atoms with Gasteiger partial charge in [0.25, 0.3) is 5.19 Å². The molecule has 2 saturated heterocycles. The van der Waals surface area contributed by atoms with E-state index in [1.54, 1.807) is 0 Å². The molecule has 2 fully saturated rings. The van der Waals surface area contributed by atoms with E-state index in [9.17, 15) is 13.6 Å². The molecular weight excluding hydrogens is 434 g/mol. The molecule has 1 amide bonds. The van der Waals surface area contributed by atoms with Gasteiger partial charge in [-0.25, -0.2) is 8.78 Å². The Labute approximate surface area is 189 Å². The van der Waals surface area contributed by atoms with Crippen molar-refractivity contribution in [2.24, 2.45) is 0 Å². The number of benzene rings is 2. The van der Waals surface area contributed by atoms with Crippen molar-refractivity contribution in [2.45, 2.75) is 37.2 Å². The Morgan fingerprint density at radius 1 is 1.12 bits per heavy atom. The fourth-order valence-corrected chi connectivity index (χ4v) is 5.63. The van der Waals surface area contributed by atoms with Gasteiger partial charge >= 0.3 is 0 Å². The first-order valence-electron chi connectivity index (χ1n) is 10.9. The fourth-order valence-electron chi connectivity index (χ4n) is 4.71. The molecule has 3 heterocycles. The number of thiazole rings is 1. The highest BCUT2D eigenvalue weighted by Crippen LogP contribution is 2.38. The zero-order valence-corrected chi connectivity index (χ0v) is 18.4. The average molecular weight is 459 g/mol. The smallest absolute Gasteiger partial charge is 0.274 e. The number of halogens is 2. The molecular formula is C24H24F2N2O3S. The van der Waals surface area contributed by atoms with Gasteiger partial charge in [0.15, 0.2) is 5.82 Å². The summed E-state index contributed by atoms with van der Waals surface area (Å²) in [5, 5.41) is 0.333. The summed E-state index contributed by atoms with van der Waals surface area (Å²) >= 11 is 1.14. The molecule has 32 heavy (non-hydrogen) atoms. The minimum atomic E-state index is -0.686. The maximum Gasteiger partial charge on any atom is 0.274 e. The highest BCUT2D eigenvalue weighted by atomic mass is 32.1. The predicted molar refractivity (Wildman–Crippen MR) is 118 cm³/mol. The number of hydrogen-bond donors (Lipinski definition) is 0. The molecule has 2 aliphatic rings. The van der Waals surface area contributed by atoms with Gasteiger partial charge < -0.3 is 14.4 Å². The molecule has 5 nitrogen and oxygen atoms in total. The van der Waals surface area contributed by atoms with Gasteiger partial charge in [0, 0.05) is 45.2 Å². The van der Waals surface area contributed by atoms with Crippen molar-refractivity contribution in [1.82, 2.24) is 9.88 Å². The van der Waals surface area contributed by atoms with E-state index in [0.717, 1.165) is 23.0 Å². The van der Waals surface area contributed by atoms with Gasteiger partial charge in [-0.05, 0) is 24.5 Å². The number of hydrogen-bond acceptors (Lipinski definition) is 5. The number of piperidine rings is 1. The number of fused-ring (bicyclic) bond motifs is 1. The van der Waals surface area contributed by atoms with E-state index < -0.39 is 17.0 Å². The number of ether oxygens (including phenoxy) is 2. The summed E-state index contributed by atoms with van der Waals surface area (Å²) in [6.45, 7) is 2.34. The van der Waals surface area contributed by atoms with Gasteiger partial charge in [-0.15, -0.1) is 0 Å². The minimum Gasteiger partial charge on any atom is -0.467 e. The van der Waals surface area contributed by atoms with Crippen LogP contribution >= 0.6 is 11.3 Å². The third kappa shape index (κ3) is 3.97. The van der Waals surface area contributed by atoms with Crippen LogP contribution < -0.4 is 4.74 Å². The van der Waals surface area contributed by atoms with E-state index in [2.05, 4.69) is 4.98 Å². The van der Waals surface area contributed by atoms with Gasteiger partial charge in [0.05, 0.1) is 10.1 Å². The molecule has 0 unspecified atom stereocenters. The third-order valence-corrected chi connectivity index (χ3v) is 7.37. The Hall–Kier alpha value is -2.58. The lowest BCUT2D eigenvalue weighted by molar-refractivity contribution is -0.143. The van der Waals surface area contributed by atoms with Crippen molar-refractivity contribution in [3.63, 3.8) is 0 Å². The molecule has 0 aliphatic carbocycles. The van der Waals surface area contributed by atoms with Gasteiger partial charge in [0.2, 0.25) is 5.91 Å². The van der Waals surface area contributed by atoms with E-state index in [-0.39, 0.29) is 17.5 Å². The summed E-state index contributed by atoms with van der Waals surface area (Å²) in [7, 11) is 0. The first-order valence-corrected chi connectivity index (χ1v) is 11.7. The molecule has 5 rings (SSSR count). The monoisotopic (exact) mass is 458 g/mol. The Morgan fingerprint density at radius 3 is 2.56 bits per heavy atom. The summed E-state index contributed by atoms with van der Waals surface area (Å²) in [4.78, 5) is 19.8. The van der Waals surface area contributed by atoms with E-state index in [4.69, 9.17) is 9.47 Å². The van der Waals surface area contributed by atoms with Crippen LogP contribution in [0.25, 0.3) is 10.2 Å². The molecule has 0 bridgehead atoms. The van der Waals surface area contributed by atoms with Crippen LogP contribution in [0.3, 0.4) is 0 Å². The summed E-state index contributed by atoms with van der Waals surface area (Å²) < 4.78 is 39.3. The van der Waals surface area contributed by atoms with E-state index in [1.807, 2.05) is 35.2 Å². The van der Waals surface area contributed by atoms with Gasteiger partial charge in [-0.1, -0.05) is 41.7 Å². The quantitative estimate of drug-likeness (QED) is 0.569. The lowest BCUT2D eigenvalue weighted by Crippen LogP contribution is -2.53. The number of rotatable bonds is 4. The number of aromatic nitrogens is 1. The van der Waals surface area contributed by atoms with Crippen molar-refractivity contribution in [3.8, 4) is 5.19 Å². The molecule has 3 aromatic rings. The number of nitrogens with zero attached hydrogens (tertiary/aromatic N) is 2. The number of carbonyl (C=O) groups is 1. The lowest BCUT2D eigenvalue weighted by Gasteiger charge is -2.42. The van der Waals surface area contributed by atoms with Crippen LogP contribution in [-0.2, 0) is 14.9 Å². The van der Waals surface area contributed by atoms with Crippen LogP contribution in [0.2, 0.25) is 0 Å². The normalized spacial score (nSPS) is 19.2. The topological polar surface area (TPSA) is 51.7 Å². The largest absolute Gasteiger partial charge is 0.467 e. The molecule has 2 aliphatic heterocycles. The van der Waals surface area contributed by atoms with Gasteiger partial charge in [-0.3, -0.25) is 4.79 Å². The van der Waals surface area contributed by atoms with Crippen molar-refractivity contribution >= 4 is 27.5 Å². The SMILES string of the molecule is O=C(N1CCC(Oc2nc3c(F)cc(F)cc3s2)CC1)C1(c2ccccc2)CCOCC1. The molecule has 0 saturated carbocycles. The zero-order valence-electron chi connectivity index (χ0n) is 17.6. The van der Waals surface area contributed by atoms with Gasteiger partial charge in [0.1, 0.15) is 17.4 Å². The molecule has 8 heteroatoms. The predicted octanol–water partition coefficient (Wildman–Crippen LogP) is 4.69. The molecule has 168 valence electrons. The Bertz CT molecular complexity index is 1110. The summed E-state index contributed by atoms with van der Waals surface area (Å²) in [5.74, 6) is -1.16. The Kier molecular flexibility index (Phi) is 5.82. The zero-order chi connectivity index (χ0) is 22.1. The Morgan fingerprint density at radius 2 is 1.84 bits per heavy atom. The van der Waals surface area contributed by atoms with Crippen molar-refractivity contribution < 1.29 is 23.0 Å². The molecule has 0 radical (unpaired) electrons. The summed E-state index contributed by atoms with van der Waals surface area (Å²) in [6, 6.07) is 12.1. The third-order valence-electron chi connectivity index (χ3n) is 6.47. The number of likely N-dealkylation sites (tertiary alicyclic amines) is 1. The van der Waals surface area contributed by atoms with Crippen molar-refractivity contribution in [3.05, 3.63) is 59.7 Å². The molecule has 1 aromatic heterocycles. The van der Waals surface area contributed by atoms with Crippen LogP contribution in [0.5, 0.6) is 5.19 Å². The minimum absolute atomic E-state index is 0.116. The van der Waals surface area contributed by atoms with Crippen LogP contribution in [0.1, 0.15) is 31.2 Å². The van der Waals surface area contributed by atoms with E-state index >= 15 is 0 Å². The molecule has 0 spiro atoms. The van der Waals surface area contributed by atoms with Crippen molar-refractivity contribution in [2.75, 3.05) is 26.3 Å². The highest BCUT2D eigenvalue weighted by molar-refractivity contribution is 7.20. The van der Waals surface area contributed by atoms with E-state index in [0.29, 0.717) is 61.9 Å². The van der Waals surface area contributed by atoms with Crippen LogP contribution in [0.15, 0.2) is 42.5 Å². The van der Waals surface area contributed by atoms with E-state index in [1.165, 1.54) is 6.07 Å².